The predicted molar refractivity (Wildman–Crippen MR) is 68.7 cm³/mol. The van der Waals surface area contributed by atoms with Gasteiger partial charge in [0.1, 0.15) is 11.8 Å². The van der Waals surface area contributed by atoms with Crippen molar-refractivity contribution in [3.8, 4) is 5.82 Å². The number of hydrogen-bond donors (Lipinski definition) is 2. The number of aromatic nitrogens is 6. The van der Waals surface area contributed by atoms with Crippen molar-refractivity contribution in [1.29, 1.82) is 0 Å². The van der Waals surface area contributed by atoms with Crippen molar-refractivity contribution in [2.24, 2.45) is 0 Å². The highest BCUT2D eigenvalue weighted by Crippen LogP contribution is 2.19. The molecule has 96 valence electrons. The molecule has 0 aromatic carbocycles. The lowest BCUT2D eigenvalue weighted by Gasteiger charge is -2.00. The van der Waals surface area contributed by atoms with Crippen LogP contribution in [-0.4, -0.2) is 35.8 Å². The van der Waals surface area contributed by atoms with Crippen LogP contribution in [0.15, 0.2) is 25.0 Å². The highest BCUT2D eigenvalue weighted by atomic mass is 15.3. The minimum absolute atomic E-state index is 0.651. The topological polar surface area (TPSA) is 84.3 Å². The first-order chi connectivity index (χ1) is 9.40. The second-order valence-corrected chi connectivity index (χ2v) is 4.75. The van der Waals surface area contributed by atoms with Crippen LogP contribution in [0.2, 0.25) is 0 Å². The highest BCUT2D eigenvalue weighted by Gasteiger charge is 2.20. The summed E-state index contributed by atoms with van der Waals surface area (Å²) in [6, 6.07) is 0.696. The smallest absolute Gasteiger partial charge is 0.182 e. The number of aromatic amines is 1. The summed E-state index contributed by atoms with van der Waals surface area (Å²) in [5, 5.41) is 7.82. The van der Waals surface area contributed by atoms with Crippen LogP contribution in [0.3, 0.4) is 0 Å². The second kappa shape index (κ2) is 4.13. The number of imidazole rings is 1. The van der Waals surface area contributed by atoms with Gasteiger partial charge < -0.3 is 10.3 Å². The standard InChI is InChI=1S/C12H13N7/c1-2-9(1)13-3-8-4-18-19(5-8)12-10-11(15-6-14-10)16-7-17-12/h4-7,9,13H,1-3H2,(H,14,15,16,17). The first-order valence-electron chi connectivity index (χ1n) is 6.31. The summed E-state index contributed by atoms with van der Waals surface area (Å²) in [6.45, 7) is 0.849. The van der Waals surface area contributed by atoms with E-state index in [1.807, 2.05) is 12.4 Å². The largest absolute Gasteiger partial charge is 0.340 e. The van der Waals surface area contributed by atoms with Gasteiger partial charge in [-0.1, -0.05) is 0 Å². The Morgan fingerprint density at radius 3 is 3.16 bits per heavy atom. The molecule has 0 unspecified atom stereocenters. The van der Waals surface area contributed by atoms with Crippen molar-refractivity contribution >= 4 is 11.2 Å². The van der Waals surface area contributed by atoms with Crippen LogP contribution >= 0.6 is 0 Å². The maximum Gasteiger partial charge on any atom is 0.182 e. The third kappa shape index (κ3) is 1.97. The average Bonchev–Trinajstić information content (AvgIpc) is 2.96. The average molecular weight is 255 g/mol. The van der Waals surface area contributed by atoms with E-state index in [-0.39, 0.29) is 0 Å². The van der Waals surface area contributed by atoms with E-state index in [4.69, 9.17) is 0 Å². The molecule has 0 aliphatic heterocycles. The molecular weight excluding hydrogens is 242 g/mol. The zero-order valence-corrected chi connectivity index (χ0v) is 10.2. The number of rotatable bonds is 4. The molecule has 3 aromatic heterocycles. The Morgan fingerprint density at radius 1 is 1.32 bits per heavy atom. The van der Waals surface area contributed by atoms with E-state index in [1.165, 1.54) is 19.2 Å². The normalized spacial score (nSPS) is 15.2. The Labute approximate surface area is 109 Å². The van der Waals surface area contributed by atoms with Crippen LogP contribution in [0, 0.1) is 0 Å². The predicted octanol–water partition coefficient (Wildman–Crippen LogP) is 0.791. The minimum Gasteiger partial charge on any atom is -0.340 e. The fourth-order valence-corrected chi connectivity index (χ4v) is 2.04. The van der Waals surface area contributed by atoms with E-state index in [0.717, 1.165) is 23.4 Å². The molecule has 3 aromatic rings. The molecule has 7 heteroatoms. The summed E-state index contributed by atoms with van der Waals surface area (Å²) in [7, 11) is 0. The first kappa shape index (κ1) is 10.6. The summed E-state index contributed by atoms with van der Waals surface area (Å²) in [4.78, 5) is 15.5. The van der Waals surface area contributed by atoms with Crippen molar-refractivity contribution in [2.75, 3.05) is 0 Å². The molecule has 0 bridgehead atoms. The van der Waals surface area contributed by atoms with E-state index in [9.17, 15) is 0 Å². The molecule has 1 saturated carbocycles. The molecule has 1 aliphatic rings. The van der Waals surface area contributed by atoms with E-state index >= 15 is 0 Å². The van der Waals surface area contributed by atoms with Crippen molar-refractivity contribution in [1.82, 2.24) is 35.0 Å². The van der Waals surface area contributed by atoms with Crippen LogP contribution in [0.4, 0.5) is 0 Å². The zero-order chi connectivity index (χ0) is 12.7. The monoisotopic (exact) mass is 255 g/mol. The number of fused-ring (bicyclic) bond motifs is 1. The van der Waals surface area contributed by atoms with Gasteiger partial charge in [-0.15, -0.1) is 0 Å². The number of hydrogen-bond acceptors (Lipinski definition) is 5. The fraction of sp³-hybridized carbons (Fsp3) is 0.333. The highest BCUT2D eigenvalue weighted by molar-refractivity contribution is 5.77. The number of nitrogens with zero attached hydrogens (tertiary/aromatic N) is 5. The lowest BCUT2D eigenvalue weighted by molar-refractivity contribution is 0.687. The van der Waals surface area contributed by atoms with Crippen LogP contribution < -0.4 is 5.32 Å². The van der Waals surface area contributed by atoms with Crippen molar-refractivity contribution < 1.29 is 0 Å². The van der Waals surface area contributed by atoms with Gasteiger partial charge in [-0.05, 0) is 12.8 Å². The summed E-state index contributed by atoms with van der Waals surface area (Å²) >= 11 is 0. The van der Waals surface area contributed by atoms with E-state index < -0.39 is 0 Å². The van der Waals surface area contributed by atoms with Gasteiger partial charge in [-0.3, -0.25) is 0 Å². The van der Waals surface area contributed by atoms with Crippen LogP contribution in [-0.2, 0) is 6.54 Å². The lowest BCUT2D eigenvalue weighted by Crippen LogP contribution is -2.14. The molecule has 2 N–H and O–H groups in total. The van der Waals surface area contributed by atoms with E-state index in [2.05, 4.69) is 30.4 Å². The van der Waals surface area contributed by atoms with Crippen molar-refractivity contribution in [2.45, 2.75) is 25.4 Å². The molecule has 1 fully saturated rings. The van der Waals surface area contributed by atoms with Crippen LogP contribution in [0.1, 0.15) is 18.4 Å². The molecule has 7 nitrogen and oxygen atoms in total. The van der Waals surface area contributed by atoms with Crippen molar-refractivity contribution in [3.05, 3.63) is 30.6 Å². The van der Waals surface area contributed by atoms with Gasteiger partial charge in [0.25, 0.3) is 0 Å². The SMILES string of the molecule is c1nc(-n2cc(CNC3CC3)cn2)c2[nH]cnc2n1. The van der Waals surface area contributed by atoms with E-state index in [1.54, 1.807) is 11.0 Å². The lowest BCUT2D eigenvalue weighted by atomic mass is 10.3. The fourth-order valence-electron chi connectivity index (χ4n) is 2.04. The maximum atomic E-state index is 4.35. The van der Waals surface area contributed by atoms with Gasteiger partial charge >= 0.3 is 0 Å². The molecule has 0 radical (unpaired) electrons. The summed E-state index contributed by atoms with van der Waals surface area (Å²) in [6.07, 6.45) is 9.53. The van der Waals surface area contributed by atoms with Crippen LogP contribution in [0.25, 0.3) is 17.0 Å². The molecule has 3 heterocycles. The van der Waals surface area contributed by atoms with Crippen molar-refractivity contribution in [3.63, 3.8) is 0 Å². The third-order valence-corrected chi connectivity index (χ3v) is 3.23. The minimum atomic E-state index is 0.651. The molecule has 4 rings (SSSR count). The number of H-pyrrole nitrogens is 1. The zero-order valence-electron chi connectivity index (χ0n) is 10.2. The first-order valence-corrected chi connectivity index (χ1v) is 6.31. The van der Waals surface area contributed by atoms with Gasteiger partial charge in [0.2, 0.25) is 0 Å². The molecule has 0 atom stereocenters. The Kier molecular flexibility index (Phi) is 2.31. The van der Waals surface area contributed by atoms with Gasteiger partial charge in [0, 0.05) is 24.3 Å². The van der Waals surface area contributed by atoms with Gasteiger partial charge in [-0.25, -0.2) is 19.6 Å². The van der Waals surface area contributed by atoms with Gasteiger partial charge in [0.05, 0.1) is 12.5 Å². The second-order valence-electron chi connectivity index (χ2n) is 4.75. The summed E-state index contributed by atoms with van der Waals surface area (Å²) in [5.41, 5.74) is 2.60. The quantitative estimate of drug-likeness (QED) is 0.720. The van der Waals surface area contributed by atoms with Gasteiger partial charge in [0.15, 0.2) is 11.5 Å². The molecule has 19 heavy (non-hydrogen) atoms. The Balaban J connectivity index is 1.65. The Bertz CT molecular complexity index is 710. The van der Waals surface area contributed by atoms with E-state index in [0.29, 0.717) is 11.7 Å². The Hall–Kier alpha value is -2.28. The maximum absolute atomic E-state index is 4.35. The third-order valence-electron chi connectivity index (χ3n) is 3.23. The van der Waals surface area contributed by atoms with Gasteiger partial charge in [-0.2, -0.15) is 5.10 Å². The molecule has 0 spiro atoms. The molecule has 0 amide bonds. The Morgan fingerprint density at radius 2 is 2.26 bits per heavy atom. The summed E-state index contributed by atoms with van der Waals surface area (Å²) < 4.78 is 1.76. The number of nitrogens with one attached hydrogen (secondary N) is 2. The molecule has 1 aliphatic carbocycles. The molecule has 0 saturated heterocycles. The summed E-state index contributed by atoms with van der Waals surface area (Å²) in [5.74, 6) is 0.722. The molecular formula is C12H13N7. The van der Waals surface area contributed by atoms with Crippen LogP contribution in [0.5, 0.6) is 0 Å².